The van der Waals surface area contributed by atoms with Crippen molar-refractivity contribution in [3.63, 3.8) is 0 Å². The van der Waals surface area contributed by atoms with Crippen LogP contribution >= 0.6 is 0 Å². The first-order valence-electron chi connectivity index (χ1n) is 11.7. The highest BCUT2D eigenvalue weighted by Gasteiger charge is 2.35. The summed E-state index contributed by atoms with van der Waals surface area (Å²) in [6.45, 7) is 4.61. The van der Waals surface area contributed by atoms with Crippen LogP contribution in [0.15, 0.2) is 104 Å². The minimum atomic E-state index is -0.104. The average Bonchev–Trinajstić information content (AvgIpc) is 3.22. The Labute approximate surface area is 198 Å². The second kappa shape index (κ2) is 6.88. The summed E-state index contributed by atoms with van der Waals surface area (Å²) >= 11 is 0. The van der Waals surface area contributed by atoms with Crippen LogP contribution in [0.3, 0.4) is 0 Å². The Hall–Kier alpha value is -4.24. The summed E-state index contributed by atoms with van der Waals surface area (Å²) in [5.41, 5.74) is 10.8. The van der Waals surface area contributed by atoms with Gasteiger partial charge in [0, 0.05) is 45.9 Å². The van der Waals surface area contributed by atoms with Gasteiger partial charge in [-0.15, -0.1) is 0 Å². The first-order valence-corrected chi connectivity index (χ1v) is 11.7. The molecule has 3 aromatic heterocycles. The number of hydrogen-bond acceptors (Lipinski definition) is 2. The van der Waals surface area contributed by atoms with E-state index in [1.54, 1.807) is 0 Å². The summed E-state index contributed by atoms with van der Waals surface area (Å²) in [4.78, 5) is 9.00. The van der Waals surface area contributed by atoms with E-state index in [-0.39, 0.29) is 5.41 Å². The van der Waals surface area contributed by atoms with Crippen LogP contribution in [-0.2, 0) is 5.41 Å². The molecule has 0 atom stereocenters. The Bertz CT molecular complexity index is 1730. The topological polar surface area (TPSA) is 30.7 Å². The minimum Gasteiger partial charge on any atom is -0.309 e. The van der Waals surface area contributed by atoms with Crippen LogP contribution < -0.4 is 0 Å². The van der Waals surface area contributed by atoms with Gasteiger partial charge in [-0.05, 0) is 53.1 Å². The molecule has 3 aromatic carbocycles. The SMILES string of the molecule is CC1(C)c2cnccc2-n2c3ccc(-c4cccc(-c5ccccn5)c4)cc3c3cccc1c32. The van der Waals surface area contributed by atoms with Crippen LogP contribution in [0.4, 0.5) is 0 Å². The normalized spacial score (nSPS) is 13.8. The molecule has 1 aliphatic heterocycles. The summed E-state index contributed by atoms with van der Waals surface area (Å²) in [6.07, 6.45) is 5.77. The third-order valence-electron chi connectivity index (χ3n) is 7.33. The quantitative estimate of drug-likeness (QED) is 0.280. The zero-order valence-electron chi connectivity index (χ0n) is 19.2. The largest absolute Gasteiger partial charge is 0.309 e. The van der Waals surface area contributed by atoms with E-state index in [9.17, 15) is 0 Å². The standard InChI is InChI=1S/C31H23N3/c1-31(2)25-10-6-9-23-24-18-21(20-7-5-8-22(17-20)27-11-3-4-15-33-27)12-13-28(24)34(30(23)25)29-14-16-32-19-26(29)31/h3-19H,1-2H3. The molecule has 0 fully saturated rings. The van der Waals surface area contributed by atoms with Crippen molar-refractivity contribution in [1.29, 1.82) is 0 Å². The Morgan fingerprint density at radius 3 is 2.41 bits per heavy atom. The lowest BCUT2D eigenvalue weighted by Gasteiger charge is -2.34. The highest BCUT2D eigenvalue weighted by molar-refractivity contribution is 6.12. The second-order valence-electron chi connectivity index (χ2n) is 9.58. The molecular weight excluding hydrogens is 414 g/mol. The first kappa shape index (κ1) is 19.2. The van der Waals surface area contributed by atoms with E-state index in [1.165, 1.54) is 49.7 Å². The number of fused-ring (bicyclic) bond motifs is 5. The van der Waals surface area contributed by atoms with E-state index in [2.05, 4.69) is 101 Å². The van der Waals surface area contributed by atoms with Crippen LogP contribution in [0.1, 0.15) is 25.0 Å². The van der Waals surface area contributed by atoms with E-state index in [0.29, 0.717) is 0 Å². The fourth-order valence-electron chi connectivity index (χ4n) is 5.60. The zero-order valence-corrected chi connectivity index (χ0v) is 19.2. The van der Waals surface area contributed by atoms with Gasteiger partial charge in [-0.3, -0.25) is 9.97 Å². The third-order valence-corrected chi connectivity index (χ3v) is 7.33. The van der Waals surface area contributed by atoms with Gasteiger partial charge >= 0.3 is 0 Å². The van der Waals surface area contributed by atoms with Gasteiger partial charge in [0.2, 0.25) is 0 Å². The van der Waals surface area contributed by atoms with Crippen molar-refractivity contribution in [2.45, 2.75) is 19.3 Å². The monoisotopic (exact) mass is 437 g/mol. The molecule has 3 heteroatoms. The molecule has 162 valence electrons. The van der Waals surface area contributed by atoms with E-state index in [0.717, 1.165) is 11.3 Å². The molecule has 1 aliphatic rings. The molecule has 0 spiro atoms. The minimum absolute atomic E-state index is 0.104. The highest BCUT2D eigenvalue weighted by atomic mass is 15.0. The van der Waals surface area contributed by atoms with Crippen LogP contribution in [0.5, 0.6) is 0 Å². The van der Waals surface area contributed by atoms with E-state index >= 15 is 0 Å². The Kier molecular flexibility index (Phi) is 3.89. The molecule has 0 aliphatic carbocycles. The molecule has 0 bridgehead atoms. The molecule has 0 saturated heterocycles. The maximum absolute atomic E-state index is 4.53. The summed E-state index contributed by atoms with van der Waals surface area (Å²) in [7, 11) is 0. The van der Waals surface area contributed by atoms with E-state index in [1.807, 2.05) is 30.7 Å². The van der Waals surface area contributed by atoms with Gasteiger partial charge in [0.15, 0.2) is 0 Å². The van der Waals surface area contributed by atoms with Gasteiger partial charge in [-0.1, -0.05) is 62.4 Å². The van der Waals surface area contributed by atoms with Crippen molar-refractivity contribution in [1.82, 2.24) is 14.5 Å². The zero-order chi connectivity index (χ0) is 22.9. The number of nitrogens with zero attached hydrogens (tertiary/aromatic N) is 3. The lowest BCUT2D eigenvalue weighted by molar-refractivity contribution is 0.626. The number of aromatic nitrogens is 3. The van der Waals surface area contributed by atoms with Crippen molar-refractivity contribution < 1.29 is 0 Å². The Balaban J connectivity index is 1.49. The van der Waals surface area contributed by atoms with Crippen molar-refractivity contribution in [2.24, 2.45) is 0 Å². The predicted molar refractivity (Wildman–Crippen MR) is 139 cm³/mol. The molecule has 6 aromatic rings. The molecule has 0 amide bonds. The fourth-order valence-corrected chi connectivity index (χ4v) is 5.60. The average molecular weight is 438 g/mol. The second-order valence-corrected chi connectivity index (χ2v) is 9.58. The first-order chi connectivity index (χ1) is 16.6. The molecule has 7 rings (SSSR count). The summed E-state index contributed by atoms with van der Waals surface area (Å²) in [5, 5.41) is 2.57. The maximum atomic E-state index is 4.53. The smallest absolute Gasteiger partial charge is 0.0702 e. The molecular formula is C31H23N3. The molecule has 0 radical (unpaired) electrons. The third kappa shape index (κ3) is 2.58. The number of pyridine rings is 2. The molecule has 4 heterocycles. The van der Waals surface area contributed by atoms with Gasteiger partial charge in [0.05, 0.1) is 22.4 Å². The van der Waals surface area contributed by atoms with E-state index in [4.69, 9.17) is 0 Å². The van der Waals surface area contributed by atoms with Gasteiger partial charge in [0.1, 0.15) is 0 Å². The summed E-state index contributed by atoms with van der Waals surface area (Å²) in [5.74, 6) is 0. The fraction of sp³-hybridized carbons (Fsp3) is 0.0968. The van der Waals surface area contributed by atoms with Crippen molar-refractivity contribution in [3.8, 4) is 28.1 Å². The van der Waals surface area contributed by atoms with Crippen LogP contribution in [-0.4, -0.2) is 14.5 Å². The molecule has 0 saturated carbocycles. The Morgan fingerprint density at radius 1 is 0.676 bits per heavy atom. The Morgan fingerprint density at radius 2 is 1.53 bits per heavy atom. The lowest BCUT2D eigenvalue weighted by atomic mass is 9.75. The number of rotatable bonds is 2. The highest BCUT2D eigenvalue weighted by Crippen LogP contribution is 2.47. The number of benzene rings is 3. The van der Waals surface area contributed by atoms with Crippen molar-refractivity contribution in [2.75, 3.05) is 0 Å². The van der Waals surface area contributed by atoms with Gasteiger partial charge in [-0.2, -0.15) is 0 Å². The number of para-hydroxylation sites is 1. The van der Waals surface area contributed by atoms with Crippen LogP contribution in [0.2, 0.25) is 0 Å². The molecule has 3 nitrogen and oxygen atoms in total. The number of hydrogen-bond donors (Lipinski definition) is 0. The van der Waals surface area contributed by atoms with Gasteiger partial charge in [0.25, 0.3) is 0 Å². The molecule has 34 heavy (non-hydrogen) atoms. The van der Waals surface area contributed by atoms with E-state index < -0.39 is 0 Å². The van der Waals surface area contributed by atoms with Gasteiger partial charge < -0.3 is 4.57 Å². The van der Waals surface area contributed by atoms with Crippen LogP contribution in [0.25, 0.3) is 49.9 Å². The maximum Gasteiger partial charge on any atom is 0.0702 e. The summed E-state index contributed by atoms with van der Waals surface area (Å²) < 4.78 is 2.43. The predicted octanol–water partition coefficient (Wildman–Crippen LogP) is 7.55. The van der Waals surface area contributed by atoms with Gasteiger partial charge in [-0.25, -0.2) is 0 Å². The summed E-state index contributed by atoms with van der Waals surface area (Å²) in [6, 6.07) is 30.4. The van der Waals surface area contributed by atoms with Crippen molar-refractivity contribution >= 4 is 21.8 Å². The molecule has 0 unspecified atom stereocenters. The van der Waals surface area contributed by atoms with Crippen molar-refractivity contribution in [3.05, 3.63) is 115 Å². The van der Waals surface area contributed by atoms with Crippen LogP contribution in [0, 0.1) is 0 Å². The lowest BCUT2D eigenvalue weighted by Crippen LogP contribution is -2.26. The molecule has 0 N–H and O–H groups in total.